The van der Waals surface area contributed by atoms with Gasteiger partial charge in [-0.1, -0.05) is 23.7 Å². The highest BCUT2D eigenvalue weighted by Gasteiger charge is 2.08. The van der Waals surface area contributed by atoms with E-state index in [0.717, 1.165) is 5.56 Å². The number of amides is 1. The average Bonchev–Trinajstić information content (AvgIpc) is 2.67. The second-order valence-electron chi connectivity index (χ2n) is 5.55. The van der Waals surface area contributed by atoms with E-state index in [1.807, 2.05) is 12.1 Å². The van der Waals surface area contributed by atoms with Gasteiger partial charge in [0, 0.05) is 31.7 Å². The maximum absolute atomic E-state index is 12.1. The monoisotopic (exact) mass is 369 g/mol. The van der Waals surface area contributed by atoms with Crippen molar-refractivity contribution < 1.29 is 4.79 Å². The van der Waals surface area contributed by atoms with Gasteiger partial charge in [-0.05, 0) is 29.8 Å². The highest BCUT2D eigenvalue weighted by molar-refractivity contribution is 6.32. The number of pyridine rings is 1. The SMILES string of the molecule is Cn1ncc(NCc2ccc(NC(=O)c3cccnc3)cc2)c(Cl)c1=O. The molecule has 1 amide bonds. The van der Waals surface area contributed by atoms with Gasteiger partial charge in [0.1, 0.15) is 5.02 Å². The molecule has 7 nitrogen and oxygen atoms in total. The molecule has 26 heavy (non-hydrogen) atoms. The molecule has 2 N–H and O–H groups in total. The number of carbonyl (C=O) groups is 1. The lowest BCUT2D eigenvalue weighted by molar-refractivity contribution is 0.102. The van der Waals surface area contributed by atoms with Crippen LogP contribution < -0.4 is 16.2 Å². The molecule has 0 aliphatic rings. The number of hydrogen-bond acceptors (Lipinski definition) is 5. The van der Waals surface area contributed by atoms with Gasteiger partial charge in [0.05, 0.1) is 17.4 Å². The molecular weight excluding hydrogens is 354 g/mol. The average molecular weight is 370 g/mol. The Kier molecular flexibility index (Phi) is 5.28. The summed E-state index contributed by atoms with van der Waals surface area (Å²) in [6.07, 6.45) is 4.63. The number of aryl methyl sites for hydroxylation is 1. The molecule has 0 atom stereocenters. The molecular formula is C18H16ClN5O2. The second kappa shape index (κ2) is 7.79. The molecule has 132 valence electrons. The molecule has 8 heteroatoms. The quantitative estimate of drug-likeness (QED) is 0.721. The number of hydrogen-bond donors (Lipinski definition) is 2. The third-order valence-corrected chi connectivity index (χ3v) is 4.06. The first-order valence-corrected chi connectivity index (χ1v) is 8.18. The van der Waals surface area contributed by atoms with Crippen LogP contribution in [-0.4, -0.2) is 20.7 Å². The van der Waals surface area contributed by atoms with Crippen LogP contribution in [0, 0.1) is 0 Å². The Labute approximate surface area is 154 Å². The first kappa shape index (κ1) is 17.6. The highest BCUT2D eigenvalue weighted by atomic mass is 35.5. The van der Waals surface area contributed by atoms with E-state index in [-0.39, 0.29) is 16.5 Å². The van der Waals surface area contributed by atoms with Gasteiger partial charge in [-0.3, -0.25) is 14.6 Å². The lowest BCUT2D eigenvalue weighted by atomic mass is 10.2. The third-order valence-electron chi connectivity index (χ3n) is 3.70. The first-order chi connectivity index (χ1) is 12.5. The predicted octanol–water partition coefficient (Wildman–Crippen LogP) is 2.69. The summed E-state index contributed by atoms with van der Waals surface area (Å²) in [5.41, 5.74) is 2.25. The van der Waals surface area contributed by atoms with Crippen molar-refractivity contribution in [1.82, 2.24) is 14.8 Å². The lowest BCUT2D eigenvalue weighted by Gasteiger charge is -2.10. The van der Waals surface area contributed by atoms with Crippen molar-refractivity contribution in [3.05, 3.63) is 81.5 Å². The second-order valence-corrected chi connectivity index (χ2v) is 5.93. The number of anilines is 2. The van der Waals surface area contributed by atoms with Crippen molar-refractivity contribution in [1.29, 1.82) is 0 Å². The Balaban J connectivity index is 1.62. The van der Waals surface area contributed by atoms with Crippen LogP contribution >= 0.6 is 11.6 Å². The largest absolute Gasteiger partial charge is 0.378 e. The minimum absolute atomic E-state index is 0.0999. The van der Waals surface area contributed by atoms with Crippen molar-refractivity contribution in [2.45, 2.75) is 6.54 Å². The smallest absolute Gasteiger partial charge is 0.287 e. The van der Waals surface area contributed by atoms with Crippen LogP contribution in [0.1, 0.15) is 15.9 Å². The fraction of sp³-hybridized carbons (Fsp3) is 0.111. The van der Waals surface area contributed by atoms with Crippen molar-refractivity contribution >= 4 is 28.9 Å². The summed E-state index contributed by atoms with van der Waals surface area (Å²) in [6, 6.07) is 10.7. The van der Waals surface area contributed by atoms with Gasteiger partial charge >= 0.3 is 0 Å². The Hall–Kier alpha value is -3.19. The van der Waals surface area contributed by atoms with Gasteiger partial charge in [-0.15, -0.1) is 0 Å². The minimum atomic E-state index is -0.356. The fourth-order valence-electron chi connectivity index (χ4n) is 2.24. The highest BCUT2D eigenvalue weighted by Crippen LogP contribution is 2.17. The molecule has 0 bridgehead atoms. The Morgan fingerprint density at radius 3 is 2.65 bits per heavy atom. The summed E-state index contributed by atoms with van der Waals surface area (Å²) in [4.78, 5) is 27.8. The summed E-state index contributed by atoms with van der Waals surface area (Å²) in [7, 11) is 1.54. The summed E-state index contributed by atoms with van der Waals surface area (Å²) in [5, 5.41) is 9.92. The molecule has 0 unspecified atom stereocenters. The number of halogens is 1. The molecule has 2 heterocycles. The van der Waals surface area contributed by atoms with Crippen LogP contribution in [0.4, 0.5) is 11.4 Å². The standard InChI is InChI=1S/C18H16ClN5O2/c1-24-18(26)16(19)15(11-22-24)21-9-12-4-6-14(7-5-12)23-17(25)13-3-2-8-20-10-13/h2-8,10-11,21H,9H2,1H3,(H,23,25). The van der Waals surface area contributed by atoms with Crippen LogP contribution in [0.25, 0.3) is 0 Å². The van der Waals surface area contributed by atoms with Crippen LogP contribution in [0.15, 0.2) is 59.8 Å². The summed E-state index contributed by atoms with van der Waals surface area (Å²) in [5.74, 6) is -0.220. The van der Waals surface area contributed by atoms with E-state index in [4.69, 9.17) is 11.6 Å². The molecule has 0 saturated heterocycles. The maximum Gasteiger partial charge on any atom is 0.287 e. The topological polar surface area (TPSA) is 88.9 Å². The van der Waals surface area contributed by atoms with Gasteiger partial charge in [0.15, 0.2) is 0 Å². The molecule has 3 aromatic rings. The molecule has 0 saturated carbocycles. The van der Waals surface area contributed by atoms with Crippen molar-refractivity contribution in [3.63, 3.8) is 0 Å². The summed E-state index contributed by atoms with van der Waals surface area (Å²) < 4.78 is 1.17. The maximum atomic E-state index is 12.1. The number of rotatable bonds is 5. The zero-order chi connectivity index (χ0) is 18.5. The molecule has 0 radical (unpaired) electrons. The molecule has 0 aliphatic heterocycles. The van der Waals surface area contributed by atoms with Crippen molar-refractivity contribution in [2.24, 2.45) is 7.05 Å². The van der Waals surface area contributed by atoms with Crippen LogP contribution in [0.5, 0.6) is 0 Å². The molecule has 1 aromatic carbocycles. The Morgan fingerprint density at radius 1 is 1.19 bits per heavy atom. The Morgan fingerprint density at radius 2 is 1.96 bits per heavy atom. The van der Waals surface area contributed by atoms with E-state index >= 15 is 0 Å². The van der Waals surface area contributed by atoms with Gasteiger partial charge in [0.25, 0.3) is 11.5 Å². The molecule has 0 spiro atoms. The van der Waals surface area contributed by atoms with Crippen LogP contribution in [-0.2, 0) is 13.6 Å². The van der Waals surface area contributed by atoms with Crippen molar-refractivity contribution in [2.75, 3.05) is 10.6 Å². The lowest BCUT2D eigenvalue weighted by Crippen LogP contribution is -2.21. The van der Waals surface area contributed by atoms with E-state index in [0.29, 0.717) is 23.5 Å². The molecule has 0 aliphatic carbocycles. The van der Waals surface area contributed by atoms with E-state index in [9.17, 15) is 9.59 Å². The summed E-state index contributed by atoms with van der Waals surface area (Å²) in [6.45, 7) is 0.464. The summed E-state index contributed by atoms with van der Waals surface area (Å²) >= 11 is 6.02. The number of nitrogens with zero attached hydrogens (tertiary/aromatic N) is 3. The number of carbonyl (C=O) groups excluding carboxylic acids is 1. The number of benzene rings is 1. The van der Waals surface area contributed by atoms with Gasteiger partial charge in [-0.2, -0.15) is 5.10 Å². The molecule has 2 aromatic heterocycles. The molecule has 0 fully saturated rings. The normalized spacial score (nSPS) is 10.4. The van der Waals surface area contributed by atoms with E-state index in [1.165, 1.54) is 24.1 Å². The number of nitrogens with one attached hydrogen (secondary N) is 2. The van der Waals surface area contributed by atoms with Crippen molar-refractivity contribution in [3.8, 4) is 0 Å². The van der Waals surface area contributed by atoms with Crippen LogP contribution in [0.3, 0.4) is 0 Å². The van der Waals surface area contributed by atoms with E-state index in [2.05, 4.69) is 20.7 Å². The van der Waals surface area contributed by atoms with E-state index < -0.39 is 0 Å². The molecule has 3 rings (SSSR count). The number of aromatic nitrogens is 3. The predicted molar refractivity (Wildman–Crippen MR) is 100 cm³/mol. The van der Waals surface area contributed by atoms with Crippen LogP contribution in [0.2, 0.25) is 5.02 Å². The zero-order valence-electron chi connectivity index (χ0n) is 13.9. The fourth-order valence-corrected chi connectivity index (χ4v) is 2.48. The first-order valence-electron chi connectivity index (χ1n) is 7.80. The zero-order valence-corrected chi connectivity index (χ0v) is 14.7. The third kappa shape index (κ3) is 4.07. The van der Waals surface area contributed by atoms with E-state index in [1.54, 1.807) is 30.5 Å². The van der Waals surface area contributed by atoms with Gasteiger partial charge < -0.3 is 10.6 Å². The Bertz CT molecular complexity index is 971. The minimum Gasteiger partial charge on any atom is -0.378 e. The van der Waals surface area contributed by atoms with Gasteiger partial charge in [0.2, 0.25) is 0 Å². The van der Waals surface area contributed by atoms with Gasteiger partial charge in [-0.25, -0.2) is 4.68 Å².